The molecule has 8 nitrogen and oxygen atoms in total. The van der Waals surface area contributed by atoms with E-state index in [1.165, 1.54) is 6.42 Å². The largest absolute Gasteiger partial charge is 0.369 e. The maximum Gasteiger partial charge on any atom is 0.220 e. The summed E-state index contributed by atoms with van der Waals surface area (Å²) >= 11 is 1.55. The minimum atomic E-state index is -0.435. The first kappa shape index (κ1) is 19.5. The van der Waals surface area contributed by atoms with Gasteiger partial charge in [-0.3, -0.25) is 9.88 Å². The first-order valence-corrected chi connectivity index (χ1v) is 11.2. The molecule has 0 radical (unpaired) electrons. The van der Waals surface area contributed by atoms with Gasteiger partial charge in [-0.05, 0) is 62.1 Å². The van der Waals surface area contributed by atoms with Crippen LogP contribution in [0, 0.1) is 0 Å². The van der Waals surface area contributed by atoms with E-state index in [9.17, 15) is 0 Å². The fraction of sp³-hybridized carbons (Fsp3) is 0.273. The van der Waals surface area contributed by atoms with E-state index in [2.05, 4.69) is 20.3 Å². The number of anilines is 3. The van der Waals surface area contributed by atoms with Crippen molar-refractivity contribution in [1.82, 2.24) is 9.97 Å². The van der Waals surface area contributed by atoms with Gasteiger partial charge in [0.05, 0.1) is 5.69 Å². The van der Waals surface area contributed by atoms with E-state index >= 15 is 0 Å². The average Bonchev–Trinajstić information content (AvgIpc) is 3.24. The number of aromatic nitrogens is 2. The highest BCUT2D eigenvalue weighted by atomic mass is 32.1. The number of nitrogens with two attached hydrogens (primary N) is 2. The van der Waals surface area contributed by atoms with Gasteiger partial charge in [0.2, 0.25) is 11.9 Å². The smallest absolute Gasteiger partial charge is 0.220 e. The zero-order valence-corrected chi connectivity index (χ0v) is 17.8. The van der Waals surface area contributed by atoms with E-state index in [0.717, 1.165) is 53.6 Å². The molecule has 2 aromatic heterocycles. The van der Waals surface area contributed by atoms with Gasteiger partial charge in [0.1, 0.15) is 11.4 Å². The molecule has 0 atom stereocenters. The van der Waals surface area contributed by atoms with Crippen LogP contribution in [0.1, 0.15) is 32.1 Å². The summed E-state index contributed by atoms with van der Waals surface area (Å²) < 4.78 is 0. The summed E-state index contributed by atoms with van der Waals surface area (Å²) in [6.45, 7) is 0. The van der Waals surface area contributed by atoms with Crippen LogP contribution in [0.25, 0.3) is 11.4 Å². The Morgan fingerprint density at radius 3 is 2.52 bits per heavy atom. The molecule has 158 valence electrons. The number of aliphatic imine (C=N–C) groups is 2. The molecule has 31 heavy (non-hydrogen) atoms. The number of thiazole rings is 1. The number of nitrogens with zero attached hydrogens (tertiary/aromatic N) is 5. The third kappa shape index (κ3) is 3.84. The molecule has 0 unspecified atom stereocenters. The molecule has 1 aliphatic heterocycles. The topological polar surface area (TPSA) is 118 Å². The summed E-state index contributed by atoms with van der Waals surface area (Å²) in [6, 6.07) is 13.9. The second-order valence-corrected chi connectivity index (χ2v) is 8.60. The Balaban J connectivity index is 1.36. The number of rotatable bonds is 4. The van der Waals surface area contributed by atoms with Gasteiger partial charge in [-0.1, -0.05) is 12.5 Å². The molecule has 2 aliphatic rings. The molecule has 1 saturated carbocycles. The van der Waals surface area contributed by atoms with E-state index < -0.39 is 5.66 Å². The predicted octanol–water partition coefficient (Wildman–Crippen LogP) is 4.06. The minimum Gasteiger partial charge on any atom is -0.369 e. The van der Waals surface area contributed by atoms with Gasteiger partial charge < -0.3 is 16.8 Å². The number of hydrogen-bond donors (Lipinski definition) is 3. The van der Waals surface area contributed by atoms with E-state index in [1.54, 1.807) is 17.5 Å². The van der Waals surface area contributed by atoms with Crippen LogP contribution in [0.4, 0.5) is 16.5 Å². The Bertz CT molecular complexity index is 1110. The molecule has 5 N–H and O–H groups in total. The number of nitrogens with one attached hydrogen (secondary N) is 1. The third-order valence-corrected chi connectivity index (χ3v) is 6.42. The molecule has 5 rings (SSSR count). The summed E-state index contributed by atoms with van der Waals surface area (Å²) in [6.07, 6.45) is 7.01. The zero-order chi connectivity index (χ0) is 21.3. The van der Waals surface area contributed by atoms with Crippen LogP contribution < -0.4 is 21.7 Å². The van der Waals surface area contributed by atoms with Gasteiger partial charge in [0.15, 0.2) is 5.13 Å². The molecule has 9 heteroatoms. The Morgan fingerprint density at radius 2 is 1.77 bits per heavy atom. The molecular weight excluding hydrogens is 408 g/mol. The highest BCUT2D eigenvalue weighted by Crippen LogP contribution is 2.39. The van der Waals surface area contributed by atoms with E-state index in [1.807, 2.05) is 52.7 Å². The van der Waals surface area contributed by atoms with Crippen LogP contribution in [-0.4, -0.2) is 27.5 Å². The normalized spacial score (nSPS) is 17.9. The fourth-order valence-corrected chi connectivity index (χ4v) is 5.00. The first-order valence-electron chi connectivity index (χ1n) is 10.4. The molecule has 1 spiro atoms. The van der Waals surface area contributed by atoms with E-state index in [-0.39, 0.29) is 5.96 Å². The lowest BCUT2D eigenvalue weighted by atomic mass is 9.87. The van der Waals surface area contributed by atoms with Crippen LogP contribution >= 0.6 is 11.3 Å². The highest BCUT2D eigenvalue weighted by molar-refractivity contribution is 7.14. The standard InChI is InChI=1S/C22H24N8S/c23-19-28-20(24)30(22(29-19)11-3-1-4-12-22)16-9-7-15(8-10-16)26-21-27-18(14-31-21)17-6-2-5-13-25-17/h2,5-10,13-14H,1,3-4,11-12H2,(H,26,27)(H4,23,24,28,29). The summed E-state index contributed by atoms with van der Waals surface area (Å²) in [5.41, 5.74) is 15.5. The summed E-state index contributed by atoms with van der Waals surface area (Å²) in [4.78, 5) is 20.0. The molecule has 0 amide bonds. The summed E-state index contributed by atoms with van der Waals surface area (Å²) in [7, 11) is 0. The van der Waals surface area contributed by atoms with Gasteiger partial charge in [0, 0.05) is 23.0 Å². The van der Waals surface area contributed by atoms with Crippen molar-refractivity contribution < 1.29 is 0 Å². The van der Waals surface area contributed by atoms with E-state index in [0.29, 0.717) is 5.96 Å². The Kier molecular flexibility index (Phi) is 5.03. The Morgan fingerprint density at radius 1 is 0.968 bits per heavy atom. The van der Waals surface area contributed by atoms with Gasteiger partial charge in [-0.2, -0.15) is 4.99 Å². The van der Waals surface area contributed by atoms with Gasteiger partial charge in [-0.25, -0.2) is 9.98 Å². The van der Waals surface area contributed by atoms with Crippen LogP contribution in [0.2, 0.25) is 0 Å². The van der Waals surface area contributed by atoms with Crippen LogP contribution in [0.15, 0.2) is 64.0 Å². The fourth-order valence-electron chi connectivity index (χ4n) is 4.28. The Labute approximate surface area is 184 Å². The van der Waals surface area contributed by atoms with Crippen molar-refractivity contribution in [1.29, 1.82) is 0 Å². The number of benzene rings is 1. The van der Waals surface area contributed by atoms with Crippen molar-refractivity contribution in [3.05, 3.63) is 54.0 Å². The molecule has 3 aromatic rings. The predicted molar refractivity (Wildman–Crippen MR) is 127 cm³/mol. The third-order valence-electron chi connectivity index (χ3n) is 5.66. The van der Waals surface area contributed by atoms with Gasteiger partial charge in [-0.15, -0.1) is 11.3 Å². The summed E-state index contributed by atoms with van der Waals surface area (Å²) in [5, 5.41) is 6.18. The monoisotopic (exact) mass is 432 g/mol. The molecule has 0 bridgehead atoms. The van der Waals surface area contributed by atoms with Crippen LogP contribution in [-0.2, 0) is 0 Å². The number of hydrogen-bond acceptors (Lipinski definition) is 9. The van der Waals surface area contributed by atoms with Crippen molar-refractivity contribution in [3.63, 3.8) is 0 Å². The van der Waals surface area contributed by atoms with E-state index in [4.69, 9.17) is 16.5 Å². The van der Waals surface area contributed by atoms with Crippen LogP contribution in [0.3, 0.4) is 0 Å². The molecule has 3 heterocycles. The quantitative estimate of drug-likeness (QED) is 0.572. The maximum absolute atomic E-state index is 6.31. The molecular formula is C22H24N8S. The molecule has 0 saturated heterocycles. The highest BCUT2D eigenvalue weighted by Gasteiger charge is 2.42. The molecule has 1 fully saturated rings. The first-order chi connectivity index (χ1) is 15.1. The van der Waals surface area contributed by atoms with Gasteiger partial charge in [0.25, 0.3) is 0 Å². The second-order valence-electron chi connectivity index (χ2n) is 7.74. The number of pyridine rings is 1. The van der Waals surface area contributed by atoms with Gasteiger partial charge >= 0.3 is 0 Å². The average molecular weight is 433 g/mol. The molecule has 1 aliphatic carbocycles. The minimum absolute atomic E-state index is 0.265. The second kappa shape index (κ2) is 7.99. The maximum atomic E-state index is 6.31. The van der Waals surface area contributed by atoms with Crippen molar-refractivity contribution in [3.8, 4) is 11.4 Å². The lowest BCUT2D eigenvalue weighted by Gasteiger charge is -2.45. The molecule has 1 aromatic carbocycles. The Hall–Kier alpha value is -3.46. The van der Waals surface area contributed by atoms with Crippen LogP contribution in [0.5, 0.6) is 0 Å². The zero-order valence-electron chi connectivity index (χ0n) is 17.0. The van der Waals surface area contributed by atoms with Crippen molar-refractivity contribution in [2.24, 2.45) is 21.5 Å². The van der Waals surface area contributed by atoms with Crippen molar-refractivity contribution >= 4 is 39.8 Å². The van der Waals surface area contributed by atoms with Crippen molar-refractivity contribution in [2.45, 2.75) is 37.8 Å². The number of guanidine groups is 2. The van der Waals surface area contributed by atoms with Crippen molar-refractivity contribution in [2.75, 3.05) is 10.2 Å². The SMILES string of the molecule is NC1=NC2(CCCCC2)N(c2ccc(Nc3nc(-c4ccccn4)cs3)cc2)C(N)=N1. The summed E-state index contributed by atoms with van der Waals surface area (Å²) in [5.74, 6) is 0.663. The lowest BCUT2D eigenvalue weighted by molar-refractivity contribution is 0.305. The lowest BCUT2D eigenvalue weighted by Crippen LogP contribution is -2.58.